The summed E-state index contributed by atoms with van der Waals surface area (Å²) in [6.07, 6.45) is 5.41. The second-order valence-electron chi connectivity index (χ2n) is 5.76. The first-order chi connectivity index (χ1) is 9.27. The molecule has 1 heterocycles. The Morgan fingerprint density at radius 3 is 2.53 bits per heavy atom. The van der Waals surface area contributed by atoms with Gasteiger partial charge in [0, 0.05) is 32.7 Å². The lowest BCUT2D eigenvalue weighted by Crippen LogP contribution is -2.49. The molecule has 1 saturated carbocycles. The number of carbonyl (C=O) groups excluding carboxylic acids is 1. The number of hydrogen-bond donors (Lipinski definition) is 2. The largest absolute Gasteiger partial charge is 0.379 e. The maximum absolute atomic E-state index is 12.4. The molecule has 5 nitrogen and oxygen atoms in total. The third-order valence-electron chi connectivity index (χ3n) is 4.50. The van der Waals surface area contributed by atoms with Crippen LogP contribution in [-0.4, -0.2) is 56.7 Å². The minimum atomic E-state index is -0.288. The summed E-state index contributed by atoms with van der Waals surface area (Å²) < 4.78 is 5.31. The van der Waals surface area contributed by atoms with Crippen molar-refractivity contribution in [1.82, 2.24) is 10.2 Å². The number of rotatable bonds is 5. The predicted molar refractivity (Wildman–Crippen MR) is 74.8 cm³/mol. The fourth-order valence-corrected chi connectivity index (χ4v) is 3.09. The van der Waals surface area contributed by atoms with Gasteiger partial charge in [0.1, 0.15) is 0 Å². The molecule has 0 spiro atoms. The van der Waals surface area contributed by atoms with E-state index in [1.807, 2.05) is 0 Å². The Morgan fingerprint density at radius 1 is 1.21 bits per heavy atom. The van der Waals surface area contributed by atoms with Gasteiger partial charge in [0.05, 0.1) is 18.6 Å². The second kappa shape index (κ2) is 7.22. The van der Waals surface area contributed by atoms with Crippen molar-refractivity contribution in [3.8, 4) is 0 Å². The number of nitrogens with two attached hydrogens (primary N) is 1. The van der Waals surface area contributed by atoms with E-state index in [0.717, 1.165) is 65.1 Å². The van der Waals surface area contributed by atoms with Crippen LogP contribution in [0.1, 0.15) is 32.1 Å². The molecule has 110 valence electrons. The molecule has 19 heavy (non-hydrogen) atoms. The molecule has 5 heteroatoms. The molecule has 0 aromatic heterocycles. The second-order valence-corrected chi connectivity index (χ2v) is 5.76. The SMILES string of the molecule is NCC1(C(=O)NCCN2CCOCC2)CCCCC1. The number of morpholine rings is 1. The highest BCUT2D eigenvalue weighted by molar-refractivity contribution is 5.83. The Hall–Kier alpha value is -0.650. The molecule has 2 aliphatic rings. The van der Waals surface area contributed by atoms with Crippen LogP contribution in [0, 0.1) is 5.41 Å². The zero-order chi connectivity index (χ0) is 13.6. The average molecular weight is 269 g/mol. The third kappa shape index (κ3) is 3.91. The predicted octanol–water partition coefficient (Wildman–Crippen LogP) is 0.344. The van der Waals surface area contributed by atoms with Crippen molar-refractivity contribution in [2.45, 2.75) is 32.1 Å². The maximum atomic E-state index is 12.4. The van der Waals surface area contributed by atoms with Gasteiger partial charge in [-0.1, -0.05) is 19.3 Å². The van der Waals surface area contributed by atoms with Gasteiger partial charge in [0.25, 0.3) is 0 Å². The quantitative estimate of drug-likeness (QED) is 0.755. The van der Waals surface area contributed by atoms with Crippen LogP contribution in [0.2, 0.25) is 0 Å². The van der Waals surface area contributed by atoms with Crippen LogP contribution >= 0.6 is 0 Å². The lowest BCUT2D eigenvalue weighted by molar-refractivity contribution is -0.132. The van der Waals surface area contributed by atoms with Gasteiger partial charge in [-0.3, -0.25) is 9.69 Å². The molecule has 1 saturated heterocycles. The van der Waals surface area contributed by atoms with E-state index in [1.165, 1.54) is 6.42 Å². The van der Waals surface area contributed by atoms with Crippen LogP contribution < -0.4 is 11.1 Å². The molecule has 0 unspecified atom stereocenters. The van der Waals surface area contributed by atoms with Crippen molar-refractivity contribution < 1.29 is 9.53 Å². The molecule has 1 amide bonds. The summed E-state index contributed by atoms with van der Waals surface area (Å²) in [4.78, 5) is 14.7. The van der Waals surface area contributed by atoms with E-state index in [2.05, 4.69) is 10.2 Å². The van der Waals surface area contributed by atoms with Crippen molar-refractivity contribution in [2.24, 2.45) is 11.1 Å². The fraction of sp³-hybridized carbons (Fsp3) is 0.929. The lowest BCUT2D eigenvalue weighted by atomic mass is 9.73. The molecule has 0 bridgehead atoms. The van der Waals surface area contributed by atoms with E-state index in [1.54, 1.807) is 0 Å². The van der Waals surface area contributed by atoms with Gasteiger partial charge in [0.2, 0.25) is 5.91 Å². The monoisotopic (exact) mass is 269 g/mol. The van der Waals surface area contributed by atoms with E-state index >= 15 is 0 Å². The molecule has 0 radical (unpaired) electrons. The summed E-state index contributed by atoms with van der Waals surface area (Å²) in [6, 6.07) is 0. The van der Waals surface area contributed by atoms with Crippen LogP contribution in [0.5, 0.6) is 0 Å². The minimum absolute atomic E-state index is 0.169. The zero-order valence-corrected chi connectivity index (χ0v) is 11.8. The van der Waals surface area contributed by atoms with Crippen LogP contribution in [0.25, 0.3) is 0 Å². The van der Waals surface area contributed by atoms with Gasteiger partial charge in [0.15, 0.2) is 0 Å². The summed E-state index contributed by atoms with van der Waals surface area (Å²) in [5.74, 6) is 0.169. The highest BCUT2D eigenvalue weighted by Gasteiger charge is 2.37. The summed E-state index contributed by atoms with van der Waals surface area (Å²) >= 11 is 0. The van der Waals surface area contributed by atoms with E-state index in [-0.39, 0.29) is 11.3 Å². The van der Waals surface area contributed by atoms with Crippen molar-refractivity contribution >= 4 is 5.91 Å². The number of nitrogens with zero attached hydrogens (tertiary/aromatic N) is 1. The molecule has 1 aliphatic heterocycles. The minimum Gasteiger partial charge on any atom is -0.379 e. The summed E-state index contributed by atoms with van der Waals surface area (Å²) in [5, 5.41) is 3.09. The molecule has 1 aliphatic carbocycles. The molecule has 0 aromatic carbocycles. The summed E-state index contributed by atoms with van der Waals surface area (Å²) in [5.41, 5.74) is 5.58. The third-order valence-corrected chi connectivity index (χ3v) is 4.50. The Kier molecular flexibility index (Phi) is 5.60. The first kappa shape index (κ1) is 14.8. The molecular weight excluding hydrogens is 242 g/mol. The summed E-state index contributed by atoms with van der Waals surface area (Å²) in [7, 11) is 0. The number of ether oxygens (including phenoxy) is 1. The van der Waals surface area contributed by atoms with E-state index in [4.69, 9.17) is 10.5 Å². The molecule has 2 fully saturated rings. The smallest absolute Gasteiger partial charge is 0.227 e. The van der Waals surface area contributed by atoms with Crippen molar-refractivity contribution in [3.05, 3.63) is 0 Å². The first-order valence-corrected chi connectivity index (χ1v) is 7.55. The fourth-order valence-electron chi connectivity index (χ4n) is 3.09. The number of amides is 1. The number of carbonyl (C=O) groups is 1. The van der Waals surface area contributed by atoms with Gasteiger partial charge in [-0.25, -0.2) is 0 Å². The van der Waals surface area contributed by atoms with E-state index < -0.39 is 0 Å². The van der Waals surface area contributed by atoms with Crippen molar-refractivity contribution in [3.63, 3.8) is 0 Å². The molecule has 2 rings (SSSR count). The van der Waals surface area contributed by atoms with Crippen LogP contribution in [0.4, 0.5) is 0 Å². The average Bonchev–Trinajstić information content (AvgIpc) is 2.49. The normalized spacial score (nSPS) is 24.1. The van der Waals surface area contributed by atoms with Gasteiger partial charge in [-0.05, 0) is 12.8 Å². The molecule has 0 aromatic rings. The maximum Gasteiger partial charge on any atom is 0.227 e. The standard InChI is InChI=1S/C14H27N3O2/c15-12-14(4-2-1-3-5-14)13(18)16-6-7-17-8-10-19-11-9-17/h1-12,15H2,(H,16,18). The van der Waals surface area contributed by atoms with Gasteiger partial charge in [-0.15, -0.1) is 0 Å². The Morgan fingerprint density at radius 2 is 1.89 bits per heavy atom. The van der Waals surface area contributed by atoms with E-state index in [0.29, 0.717) is 6.54 Å². The Bertz CT molecular complexity index is 284. The Balaban J connectivity index is 1.73. The highest BCUT2D eigenvalue weighted by Crippen LogP contribution is 2.35. The number of hydrogen-bond acceptors (Lipinski definition) is 4. The van der Waals surface area contributed by atoms with E-state index in [9.17, 15) is 4.79 Å². The van der Waals surface area contributed by atoms with Crippen LogP contribution in [-0.2, 0) is 9.53 Å². The molecule has 3 N–H and O–H groups in total. The van der Waals surface area contributed by atoms with Crippen LogP contribution in [0.3, 0.4) is 0 Å². The Labute approximate surface area is 115 Å². The lowest BCUT2D eigenvalue weighted by Gasteiger charge is -2.35. The molecular formula is C14H27N3O2. The van der Waals surface area contributed by atoms with Gasteiger partial charge >= 0.3 is 0 Å². The van der Waals surface area contributed by atoms with Gasteiger partial charge < -0.3 is 15.8 Å². The zero-order valence-electron chi connectivity index (χ0n) is 11.8. The van der Waals surface area contributed by atoms with Crippen LogP contribution in [0.15, 0.2) is 0 Å². The van der Waals surface area contributed by atoms with Gasteiger partial charge in [-0.2, -0.15) is 0 Å². The summed E-state index contributed by atoms with van der Waals surface area (Å²) in [6.45, 7) is 5.67. The van der Waals surface area contributed by atoms with Crippen molar-refractivity contribution in [2.75, 3.05) is 45.9 Å². The number of nitrogens with one attached hydrogen (secondary N) is 1. The molecule has 0 atom stereocenters. The first-order valence-electron chi connectivity index (χ1n) is 7.55. The highest BCUT2D eigenvalue weighted by atomic mass is 16.5. The topological polar surface area (TPSA) is 67.6 Å². The van der Waals surface area contributed by atoms with Crippen molar-refractivity contribution in [1.29, 1.82) is 0 Å².